The highest BCUT2D eigenvalue weighted by molar-refractivity contribution is 5.97. The van der Waals surface area contributed by atoms with Crippen LogP contribution in [0.1, 0.15) is 22.0 Å². The van der Waals surface area contributed by atoms with Gasteiger partial charge in [-0.15, -0.1) is 0 Å². The maximum Gasteiger partial charge on any atom is 0.334 e. The van der Waals surface area contributed by atoms with Crippen molar-refractivity contribution >= 4 is 22.9 Å². The van der Waals surface area contributed by atoms with Crippen LogP contribution in [0.25, 0.3) is 11.0 Å². The van der Waals surface area contributed by atoms with Crippen molar-refractivity contribution in [2.45, 2.75) is 18.6 Å². The third kappa shape index (κ3) is 3.43. The van der Waals surface area contributed by atoms with Crippen LogP contribution in [0, 0.1) is 0 Å². The second kappa shape index (κ2) is 7.37. The number of nitrogens with zero attached hydrogens (tertiary/aromatic N) is 2. The molecule has 3 aromatic rings. The predicted octanol–water partition coefficient (Wildman–Crippen LogP) is 1.63. The summed E-state index contributed by atoms with van der Waals surface area (Å²) in [5, 5.41) is 22.1. The Balaban J connectivity index is 2.03. The Morgan fingerprint density at radius 1 is 1.19 bits per heavy atom. The van der Waals surface area contributed by atoms with Crippen LogP contribution in [0.3, 0.4) is 0 Å². The molecule has 1 aromatic heterocycles. The van der Waals surface area contributed by atoms with Crippen molar-refractivity contribution in [1.29, 1.82) is 0 Å². The van der Waals surface area contributed by atoms with Gasteiger partial charge in [0, 0.05) is 12.6 Å². The predicted molar refractivity (Wildman–Crippen MR) is 95.9 cm³/mol. The van der Waals surface area contributed by atoms with E-state index < -0.39 is 18.1 Å². The molecule has 7 heteroatoms. The summed E-state index contributed by atoms with van der Waals surface area (Å²) in [5.74, 6) is -1.53. The molecule has 0 radical (unpaired) electrons. The molecule has 3 N–H and O–H groups in total. The summed E-state index contributed by atoms with van der Waals surface area (Å²) in [5.41, 5.74) is 2.57. The van der Waals surface area contributed by atoms with Crippen LogP contribution in [0.5, 0.6) is 0 Å². The van der Waals surface area contributed by atoms with E-state index in [0.29, 0.717) is 23.0 Å². The van der Waals surface area contributed by atoms with Gasteiger partial charge in [0.2, 0.25) is 0 Å². The fourth-order valence-corrected chi connectivity index (χ4v) is 2.96. The number of aliphatic hydroxyl groups is 1. The maximum absolute atomic E-state index is 11.8. The van der Waals surface area contributed by atoms with E-state index in [-0.39, 0.29) is 5.91 Å². The lowest BCUT2D eigenvalue weighted by Gasteiger charge is -2.22. The summed E-state index contributed by atoms with van der Waals surface area (Å²) in [6, 6.07) is 13.6. The largest absolute Gasteiger partial charge is 0.479 e. The lowest BCUT2D eigenvalue weighted by Crippen LogP contribution is -2.32. The van der Waals surface area contributed by atoms with Crippen molar-refractivity contribution in [3.05, 3.63) is 66.0 Å². The molecule has 0 saturated heterocycles. The van der Waals surface area contributed by atoms with E-state index in [1.165, 1.54) is 6.33 Å². The maximum atomic E-state index is 11.8. The second-order valence-electron chi connectivity index (χ2n) is 5.97. The highest BCUT2D eigenvalue weighted by atomic mass is 16.4. The Labute approximate surface area is 149 Å². The molecule has 0 aliphatic rings. The molecule has 0 spiro atoms. The van der Waals surface area contributed by atoms with Crippen LogP contribution in [-0.4, -0.2) is 44.8 Å². The number of carbonyl (C=O) groups is 2. The Hall–Kier alpha value is -3.19. The number of aromatic nitrogens is 2. The highest BCUT2D eigenvalue weighted by Crippen LogP contribution is 2.25. The van der Waals surface area contributed by atoms with Gasteiger partial charge in [-0.3, -0.25) is 4.79 Å². The van der Waals surface area contributed by atoms with Crippen molar-refractivity contribution < 1.29 is 19.8 Å². The van der Waals surface area contributed by atoms with Crippen LogP contribution in [-0.2, 0) is 11.2 Å². The lowest BCUT2D eigenvalue weighted by molar-refractivity contribution is -0.149. The van der Waals surface area contributed by atoms with Crippen LogP contribution >= 0.6 is 0 Å². The molecule has 0 aliphatic heterocycles. The smallest absolute Gasteiger partial charge is 0.334 e. The Morgan fingerprint density at radius 2 is 1.92 bits per heavy atom. The number of amides is 1. The fraction of sp³-hybridized carbons (Fsp3) is 0.211. The molecule has 2 aromatic carbocycles. The van der Waals surface area contributed by atoms with E-state index in [1.54, 1.807) is 29.8 Å². The number of aliphatic carboxylic acids is 1. The molecule has 7 nitrogen and oxygen atoms in total. The number of hydrogen-bond donors (Lipinski definition) is 3. The quantitative estimate of drug-likeness (QED) is 0.625. The zero-order valence-corrected chi connectivity index (χ0v) is 14.2. The van der Waals surface area contributed by atoms with Gasteiger partial charge >= 0.3 is 5.97 Å². The standard InChI is InChI=1S/C19H19N3O4/c1-20-18(24)13-7-8-15-14(10-13)21-11-22(15)16(17(23)19(25)26)9-12-5-3-2-4-6-12/h2-8,10-11,16-17,23H,9H2,1H3,(H,20,24)(H,25,26)/t16-,17+/m1/s1. The summed E-state index contributed by atoms with van der Waals surface area (Å²) in [7, 11) is 1.55. The molecule has 0 bridgehead atoms. The molecule has 0 aliphatic carbocycles. The number of nitrogens with one attached hydrogen (secondary N) is 1. The molecule has 3 rings (SSSR count). The summed E-state index contributed by atoms with van der Waals surface area (Å²) < 4.78 is 1.65. The van der Waals surface area contributed by atoms with Gasteiger partial charge in [0.15, 0.2) is 6.10 Å². The number of fused-ring (bicyclic) bond motifs is 1. The van der Waals surface area contributed by atoms with Crippen LogP contribution < -0.4 is 5.32 Å². The molecular formula is C19H19N3O4. The van der Waals surface area contributed by atoms with E-state index in [1.807, 2.05) is 30.3 Å². The first-order valence-corrected chi connectivity index (χ1v) is 8.14. The normalized spacial score (nSPS) is 13.3. The summed E-state index contributed by atoms with van der Waals surface area (Å²) in [4.78, 5) is 27.5. The van der Waals surface area contributed by atoms with Crippen molar-refractivity contribution in [3.8, 4) is 0 Å². The zero-order chi connectivity index (χ0) is 18.7. The van der Waals surface area contributed by atoms with E-state index >= 15 is 0 Å². The number of carbonyl (C=O) groups excluding carboxylic acids is 1. The minimum absolute atomic E-state index is 0.229. The van der Waals surface area contributed by atoms with Gasteiger partial charge in [-0.2, -0.15) is 0 Å². The first-order valence-electron chi connectivity index (χ1n) is 8.14. The first kappa shape index (κ1) is 17.6. The van der Waals surface area contributed by atoms with Crippen molar-refractivity contribution in [3.63, 3.8) is 0 Å². The molecule has 0 fully saturated rings. The van der Waals surface area contributed by atoms with Gasteiger partial charge in [0.05, 0.1) is 23.4 Å². The van der Waals surface area contributed by atoms with Gasteiger partial charge < -0.3 is 20.1 Å². The minimum Gasteiger partial charge on any atom is -0.479 e. The number of imidazole rings is 1. The molecule has 134 valence electrons. The topological polar surface area (TPSA) is 104 Å². The van der Waals surface area contributed by atoms with Crippen LogP contribution in [0.4, 0.5) is 0 Å². The average molecular weight is 353 g/mol. The molecule has 0 unspecified atom stereocenters. The fourth-order valence-electron chi connectivity index (χ4n) is 2.96. The molecule has 1 heterocycles. The number of carboxylic acid groups (broad SMARTS) is 1. The van der Waals surface area contributed by atoms with Gasteiger partial charge in [-0.05, 0) is 30.2 Å². The Bertz CT molecular complexity index is 936. The zero-order valence-electron chi connectivity index (χ0n) is 14.2. The van der Waals surface area contributed by atoms with Gasteiger partial charge in [0.25, 0.3) is 5.91 Å². The lowest BCUT2D eigenvalue weighted by atomic mass is 10.0. The number of carboxylic acids is 1. The highest BCUT2D eigenvalue weighted by Gasteiger charge is 2.28. The molecule has 2 atom stereocenters. The van der Waals surface area contributed by atoms with E-state index in [0.717, 1.165) is 5.56 Å². The monoisotopic (exact) mass is 353 g/mol. The number of rotatable bonds is 6. The van der Waals surface area contributed by atoms with E-state index in [9.17, 15) is 19.8 Å². The summed E-state index contributed by atoms with van der Waals surface area (Å²) in [6.07, 6.45) is 0.237. The number of benzene rings is 2. The minimum atomic E-state index is -1.59. The SMILES string of the molecule is CNC(=O)c1ccc2c(c1)ncn2[C@H](Cc1ccccc1)[C@H](O)C(=O)O. The van der Waals surface area contributed by atoms with Gasteiger partial charge in [-0.25, -0.2) is 9.78 Å². The average Bonchev–Trinajstić information content (AvgIpc) is 3.08. The Kier molecular flexibility index (Phi) is 4.99. The van der Waals surface area contributed by atoms with Crippen LogP contribution in [0.2, 0.25) is 0 Å². The van der Waals surface area contributed by atoms with E-state index in [2.05, 4.69) is 10.3 Å². The molecular weight excluding hydrogens is 334 g/mol. The molecule has 0 saturated carbocycles. The molecule has 26 heavy (non-hydrogen) atoms. The van der Waals surface area contributed by atoms with Crippen molar-refractivity contribution in [1.82, 2.24) is 14.9 Å². The molecule has 1 amide bonds. The Morgan fingerprint density at radius 3 is 2.58 bits per heavy atom. The van der Waals surface area contributed by atoms with Crippen molar-refractivity contribution in [2.24, 2.45) is 0 Å². The van der Waals surface area contributed by atoms with E-state index in [4.69, 9.17) is 0 Å². The van der Waals surface area contributed by atoms with Crippen LogP contribution in [0.15, 0.2) is 54.9 Å². The second-order valence-corrected chi connectivity index (χ2v) is 5.97. The van der Waals surface area contributed by atoms with Gasteiger partial charge in [0.1, 0.15) is 0 Å². The third-order valence-corrected chi connectivity index (χ3v) is 4.33. The number of aliphatic hydroxyl groups excluding tert-OH is 1. The summed E-state index contributed by atoms with van der Waals surface area (Å²) in [6.45, 7) is 0. The number of hydrogen-bond acceptors (Lipinski definition) is 4. The first-order chi connectivity index (χ1) is 12.5. The van der Waals surface area contributed by atoms with Gasteiger partial charge in [-0.1, -0.05) is 30.3 Å². The van der Waals surface area contributed by atoms with Crippen molar-refractivity contribution in [2.75, 3.05) is 7.05 Å². The third-order valence-electron chi connectivity index (χ3n) is 4.33. The summed E-state index contributed by atoms with van der Waals surface area (Å²) >= 11 is 0.